The summed E-state index contributed by atoms with van der Waals surface area (Å²) in [6.07, 6.45) is 0. The molecular weight excluding hydrogens is 253 g/mol. The van der Waals surface area contributed by atoms with Crippen LogP contribution in [0.15, 0.2) is 10.5 Å². The van der Waals surface area contributed by atoms with Gasteiger partial charge in [0.2, 0.25) is 0 Å². The summed E-state index contributed by atoms with van der Waals surface area (Å²) in [5.74, 6) is -1.11. The van der Waals surface area contributed by atoms with Crippen LogP contribution in [0.2, 0.25) is 0 Å². The van der Waals surface area contributed by atoms with Crippen LogP contribution in [0.1, 0.15) is 11.1 Å². The molecule has 0 unspecified atom stereocenters. The van der Waals surface area contributed by atoms with Crippen molar-refractivity contribution in [2.45, 2.75) is 13.5 Å². The van der Waals surface area contributed by atoms with E-state index < -0.39 is 11.6 Å². The molecule has 14 heavy (non-hydrogen) atoms. The second-order valence-electron chi connectivity index (χ2n) is 3.13. The van der Waals surface area contributed by atoms with Crippen molar-refractivity contribution in [1.82, 2.24) is 5.06 Å². The Bertz CT molecular complexity index is 329. The van der Waals surface area contributed by atoms with Gasteiger partial charge < -0.3 is 10.3 Å². The highest BCUT2D eigenvalue weighted by molar-refractivity contribution is 9.10. The number of phenolic OH excluding ortho intramolecular Hbond substituents is 1. The largest absolute Gasteiger partial charge is 0.505 e. The normalized spacial score (nSPS) is 11.0. The maximum absolute atomic E-state index is 13.1. The molecule has 0 aromatic heterocycles. The molecule has 0 spiro atoms. The molecule has 1 rings (SSSR count). The van der Waals surface area contributed by atoms with Crippen LogP contribution in [-0.2, 0) is 6.54 Å². The molecule has 0 fully saturated rings. The Labute approximate surface area is 89.9 Å². The van der Waals surface area contributed by atoms with Crippen molar-refractivity contribution >= 4 is 15.9 Å². The summed E-state index contributed by atoms with van der Waals surface area (Å²) < 4.78 is 13.7. The van der Waals surface area contributed by atoms with Crippen molar-refractivity contribution in [2.24, 2.45) is 0 Å². The minimum atomic E-state index is -0.678. The molecule has 0 amide bonds. The smallest absolute Gasteiger partial charge is 0.165 e. The molecule has 0 heterocycles. The average Bonchev–Trinajstić information content (AvgIpc) is 2.09. The van der Waals surface area contributed by atoms with E-state index in [1.54, 1.807) is 6.92 Å². The number of nitrogens with zero attached hydrogens (tertiary/aromatic N) is 1. The second kappa shape index (κ2) is 4.25. The third kappa shape index (κ3) is 2.23. The Morgan fingerprint density at radius 2 is 2.14 bits per heavy atom. The average molecular weight is 264 g/mol. The number of phenols is 1. The van der Waals surface area contributed by atoms with Gasteiger partial charge in [-0.3, -0.25) is 0 Å². The van der Waals surface area contributed by atoms with E-state index in [9.17, 15) is 9.50 Å². The van der Waals surface area contributed by atoms with E-state index in [0.29, 0.717) is 15.6 Å². The molecule has 1 aromatic carbocycles. The maximum atomic E-state index is 13.1. The SMILES string of the molecule is Cc1cc(F)c(O)c(CN(C)O)c1Br. The summed E-state index contributed by atoms with van der Waals surface area (Å²) in [5.41, 5.74) is 1.02. The lowest BCUT2D eigenvalue weighted by atomic mass is 10.1. The molecule has 0 atom stereocenters. The highest BCUT2D eigenvalue weighted by Gasteiger charge is 2.14. The van der Waals surface area contributed by atoms with Gasteiger partial charge in [0, 0.05) is 17.1 Å². The summed E-state index contributed by atoms with van der Waals surface area (Å²) in [7, 11) is 1.42. The molecule has 0 saturated carbocycles. The molecule has 0 radical (unpaired) electrons. The molecule has 0 bridgehead atoms. The standard InChI is InChI=1S/C9H11BrFNO2/c1-5-3-7(11)9(13)6(8(5)10)4-12(2)14/h3,13-14H,4H2,1-2H3. The molecule has 0 aliphatic heterocycles. The zero-order valence-electron chi connectivity index (χ0n) is 7.88. The van der Waals surface area contributed by atoms with Gasteiger partial charge in [0.15, 0.2) is 11.6 Å². The van der Waals surface area contributed by atoms with Crippen molar-refractivity contribution in [3.8, 4) is 5.75 Å². The minimum absolute atomic E-state index is 0.0605. The van der Waals surface area contributed by atoms with Gasteiger partial charge in [0.25, 0.3) is 0 Å². The number of hydrogen-bond acceptors (Lipinski definition) is 3. The number of hydrogen-bond donors (Lipinski definition) is 2. The van der Waals surface area contributed by atoms with E-state index in [2.05, 4.69) is 15.9 Å². The number of halogens is 2. The quantitative estimate of drug-likeness (QED) is 0.806. The van der Waals surface area contributed by atoms with E-state index >= 15 is 0 Å². The first kappa shape index (κ1) is 11.4. The van der Waals surface area contributed by atoms with E-state index in [1.165, 1.54) is 13.1 Å². The lowest BCUT2D eigenvalue weighted by Crippen LogP contribution is -2.13. The first-order chi connectivity index (χ1) is 6.43. The van der Waals surface area contributed by atoms with Crippen LogP contribution in [0.4, 0.5) is 4.39 Å². The fourth-order valence-electron chi connectivity index (χ4n) is 1.18. The first-order valence-corrected chi connectivity index (χ1v) is 4.79. The Morgan fingerprint density at radius 3 is 2.64 bits per heavy atom. The van der Waals surface area contributed by atoms with E-state index in [0.717, 1.165) is 5.06 Å². The molecular formula is C9H11BrFNO2. The predicted octanol–water partition coefficient (Wildman–Crippen LogP) is 2.42. The Balaban J connectivity index is 3.25. The van der Waals surface area contributed by atoms with Gasteiger partial charge in [0.1, 0.15) is 0 Å². The topological polar surface area (TPSA) is 43.7 Å². The number of hydroxylamine groups is 2. The van der Waals surface area contributed by atoms with Crippen LogP contribution in [0.3, 0.4) is 0 Å². The van der Waals surface area contributed by atoms with Crippen molar-refractivity contribution < 1.29 is 14.7 Å². The fraction of sp³-hybridized carbons (Fsp3) is 0.333. The number of rotatable bonds is 2. The van der Waals surface area contributed by atoms with Gasteiger partial charge in [-0.2, -0.15) is 5.06 Å². The van der Waals surface area contributed by atoms with Crippen LogP contribution in [0.25, 0.3) is 0 Å². The van der Waals surface area contributed by atoms with E-state index in [-0.39, 0.29) is 6.54 Å². The van der Waals surface area contributed by atoms with Crippen LogP contribution in [0, 0.1) is 12.7 Å². The van der Waals surface area contributed by atoms with E-state index in [4.69, 9.17) is 5.21 Å². The molecule has 1 aromatic rings. The third-order valence-electron chi connectivity index (χ3n) is 1.85. The summed E-state index contributed by atoms with van der Waals surface area (Å²) in [5, 5.41) is 19.3. The molecule has 5 heteroatoms. The predicted molar refractivity (Wildman–Crippen MR) is 53.8 cm³/mol. The van der Waals surface area contributed by atoms with Crippen molar-refractivity contribution in [2.75, 3.05) is 7.05 Å². The summed E-state index contributed by atoms with van der Waals surface area (Å²) in [6.45, 7) is 1.78. The Morgan fingerprint density at radius 1 is 1.57 bits per heavy atom. The van der Waals surface area contributed by atoms with Crippen molar-refractivity contribution in [1.29, 1.82) is 0 Å². The molecule has 0 aliphatic carbocycles. The molecule has 0 saturated heterocycles. The van der Waals surface area contributed by atoms with Gasteiger partial charge in [-0.05, 0) is 18.6 Å². The van der Waals surface area contributed by atoms with Gasteiger partial charge in [-0.15, -0.1) is 0 Å². The lowest BCUT2D eigenvalue weighted by molar-refractivity contribution is -0.0738. The van der Waals surface area contributed by atoms with Gasteiger partial charge in [-0.1, -0.05) is 15.9 Å². The second-order valence-corrected chi connectivity index (χ2v) is 3.93. The molecule has 78 valence electrons. The monoisotopic (exact) mass is 263 g/mol. The van der Waals surface area contributed by atoms with E-state index in [1.807, 2.05) is 0 Å². The van der Waals surface area contributed by atoms with Gasteiger partial charge in [-0.25, -0.2) is 4.39 Å². The van der Waals surface area contributed by atoms with Gasteiger partial charge in [0.05, 0.1) is 6.54 Å². The lowest BCUT2D eigenvalue weighted by Gasteiger charge is -2.13. The van der Waals surface area contributed by atoms with Crippen LogP contribution in [0.5, 0.6) is 5.75 Å². The third-order valence-corrected chi connectivity index (χ3v) is 2.96. The van der Waals surface area contributed by atoms with Crippen LogP contribution >= 0.6 is 15.9 Å². The number of benzene rings is 1. The van der Waals surface area contributed by atoms with Crippen molar-refractivity contribution in [3.63, 3.8) is 0 Å². The summed E-state index contributed by atoms with van der Waals surface area (Å²) >= 11 is 3.23. The highest BCUT2D eigenvalue weighted by Crippen LogP contribution is 2.32. The summed E-state index contributed by atoms with van der Waals surface area (Å²) in [4.78, 5) is 0. The Hall–Kier alpha value is -0.650. The zero-order valence-corrected chi connectivity index (χ0v) is 9.47. The highest BCUT2D eigenvalue weighted by atomic mass is 79.9. The zero-order chi connectivity index (χ0) is 10.9. The van der Waals surface area contributed by atoms with Crippen LogP contribution < -0.4 is 0 Å². The Kier molecular flexibility index (Phi) is 3.47. The molecule has 2 N–H and O–H groups in total. The summed E-state index contributed by atoms with van der Waals surface area (Å²) in [6, 6.07) is 1.24. The fourth-order valence-corrected chi connectivity index (χ4v) is 1.61. The molecule has 3 nitrogen and oxygen atoms in total. The maximum Gasteiger partial charge on any atom is 0.165 e. The number of aromatic hydroxyl groups is 1. The first-order valence-electron chi connectivity index (χ1n) is 4.00. The minimum Gasteiger partial charge on any atom is -0.505 e. The number of aryl methyl sites for hydroxylation is 1. The van der Waals surface area contributed by atoms with Gasteiger partial charge >= 0.3 is 0 Å². The van der Waals surface area contributed by atoms with Crippen LogP contribution in [-0.4, -0.2) is 22.4 Å². The van der Waals surface area contributed by atoms with Crippen molar-refractivity contribution in [3.05, 3.63) is 27.5 Å². The molecule has 0 aliphatic rings.